The van der Waals surface area contributed by atoms with Crippen LogP contribution in [0.1, 0.15) is 15.9 Å². The largest absolute Gasteiger partial charge is 0.322 e. The normalized spacial score (nSPS) is 10.3. The van der Waals surface area contributed by atoms with E-state index in [4.69, 9.17) is 0 Å². The minimum atomic E-state index is -0.118. The number of hydrogen-bond donors (Lipinski definition) is 1. The van der Waals surface area contributed by atoms with Crippen LogP contribution < -0.4 is 5.32 Å². The standard InChI is InChI=1S/C17H15N3O/c1-13-6-8-14(9-7-13)17(21)19-15-4-2-5-16(12-15)20-11-3-10-18-20/h2-12H,1H3,(H,19,21). The van der Waals surface area contributed by atoms with Crippen LogP contribution in [0.5, 0.6) is 0 Å². The second-order valence-electron chi connectivity index (χ2n) is 4.82. The van der Waals surface area contributed by atoms with Gasteiger partial charge in [0, 0.05) is 23.6 Å². The summed E-state index contributed by atoms with van der Waals surface area (Å²) in [7, 11) is 0. The lowest BCUT2D eigenvalue weighted by atomic mass is 10.1. The number of amides is 1. The summed E-state index contributed by atoms with van der Waals surface area (Å²) in [6.07, 6.45) is 3.58. The van der Waals surface area contributed by atoms with Gasteiger partial charge < -0.3 is 5.32 Å². The summed E-state index contributed by atoms with van der Waals surface area (Å²) in [4.78, 5) is 12.2. The number of aryl methyl sites for hydroxylation is 1. The number of hydrogen-bond acceptors (Lipinski definition) is 2. The van der Waals surface area contributed by atoms with Gasteiger partial charge in [0.2, 0.25) is 0 Å². The van der Waals surface area contributed by atoms with Crippen molar-refractivity contribution in [2.75, 3.05) is 5.32 Å². The van der Waals surface area contributed by atoms with Gasteiger partial charge in [0.15, 0.2) is 0 Å². The maximum atomic E-state index is 12.2. The zero-order valence-corrected chi connectivity index (χ0v) is 11.7. The highest BCUT2D eigenvalue weighted by Gasteiger charge is 2.06. The minimum absolute atomic E-state index is 0.118. The lowest BCUT2D eigenvalue weighted by Crippen LogP contribution is -2.12. The van der Waals surface area contributed by atoms with Gasteiger partial charge in [0.1, 0.15) is 0 Å². The number of nitrogens with zero attached hydrogens (tertiary/aromatic N) is 2. The predicted octanol–water partition coefficient (Wildman–Crippen LogP) is 3.43. The van der Waals surface area contributed by atoms with Crippen molar-refractivity contribution in [2.24, 2.45) is 0 Å². The molecule has 0 spiro atoms. The van der Waals surface area contributed by atoms with Crippen LogP contribution in [-0.2, 0) is 0 Å². The highest BCUT2D eigenvalue weighted by Crippen LogP contribution is 2.15. The Bertz CT molecular complexity index is 746. The van der Waals surface area contributed by atoms with Crippen molar-refractivity contribution in [3.05, 3.63) is 78.1 Å². The molecule has 1 aromatic heterocycles. The van der Waals surface area contributed by atoms with E-state index in [-0.39, 0.29) is 5.91 Å². The Kier molecular flexibility index (Phi) is 3.51. The molecule has 0 aliphatic rings. The molecule has 0 radical (unpaired) electrons. The molecule has 0 atom stereocenters. The number of aromatic nitrogens is 2. The Balaban J connectivity index is 1.80. The van der Waals surface area contributed by atoms with Crippen molar-refractivity contribution in [2.45, 2.75) is 6.92 Å². The molecule has 3 rings (SSSR count). The van der Waals surface area contributed by atoms with Gasteiger partial charge in [0.25, 0.3) is 5.91 Å². The molecule has 1 heterocycles. The monoisotopic (exact) mass is 277 g/mol. The molecule has 0 aliphatic heterocycles. The summed E-state index contributed by atoms with van der Waals surface area (Å²) >= 11 is 0. The van der Waals surface area contributed by atoms with E-state index < -0.39 is 0 Å². The fourth-order valence-electron chi connectivity index (χ4n) is 2.06. The van der Waals surface area contributed by atoms with E-state index in [9.17, 15) is 4.79 Å². The maximum Gasteiger partial charge on any atom is 0.255 e. The first-order valence-electron chi connectivity index (χ1n) is 6.70. The van der Waals surface area contributed by atoms with Gasteiger partial charge in [-0.2, -0.15) is 5.10 Å². The van der Waals surface area contributed by atoms with Crippen LogP contribution in [0, 0.1) is 6.92 Å². The van der Waals surface area contributed by atoms with Gasteiger partial charge in [-0.05, 0) is 43.3 Å². The molecule has 21 heavy (non-hydrogen) atoms. The van der Waals surface area contributed by atoms with E-state index >= 15 is 0 Å². The summed E-state index contributed by atoms with van der Waals surface area (Å²) < 4.78 is 1.75. The van der Waals surface area contributed by atoms with Crippen LogP contribution in [0.25, 0.3) is 5.69 Å². The quantitative estimate of drug-likeness (QED) is 0.797. The maximum absolute atomic E-state index is 12.2. The molecule has 0 saturated carbocycles. The van der Waals surface area contributed by atoms with E-state index in [1.165, 1.54) is 0 Å². The molecular weight excluding hydrogens is 262 g/mol. The van der Waals surface area contributed by atoms with Crippen molar-refractivity contribution in [1.82, 2.24) is 9.78 Å². The number of rotatable bonds is 3. The molecule has 0 unspecified atom stereocenters. The van der Waals surface area contributed by atoms with Gasteiger partial charge in [0.05, 0.1) is 5.69 Å². The van der Waals surface area contributed by atoms with Gasteiger partial charge in [-0.25, -0.2) is 4.68 Å². The van der Waals surface area contributed by atoms with E-state index in [1.54, 1.807) is 10.9 Å². The summed E-state index contributed by atoms with van der Waals surface area (Å²) in [5, 5.41) is 7.08. The third-order valence-corrected chi connectivity index (χ3v) is 3.19. The van der Waals surface area contributed by atoms with Crippen molar-refractivity contribution in [3.8, 4) is 5.69 Å². The third-order valence-electron chi connectivity index (χ3n) is 3.19. The highest BCUT2D eigenvalue weighted by atomic mass is 16.1. The van der Waals surface area contributed by atoms with Crippen molar-refractivity contribution in [3.63, 3.8) is 0 Å². The fourth-order valence-corrected chi connectivity index (χ4v) is 2.06. The van der Waals surface area contributed by atoms with Crippen LogP contribution in [0.15, 0.2) is 67.0 Å². The molecule has 104 valence electrons. The summed E-state index contributed by atoms with van der Waals surface area (Å²) in [5.74, 6) is -0.118. The smallest absolute Gasteiger partial charge is 0.255 e. The highest BCUT2D eigenvalue weighted by molar-refractivity contribution is 6.04. The Morgan fingerprint density at radius 1 is 1.10 bits per heavy atom. The Morgan fingerprint density at radius 3 is 2.62 bits per heavy atom. The first-order chi connectivity index (χ1) is 10.2. The van der Waals surface area contributed by atoms with E-state index in [2.05, 4.69) is 10.4 Å². The Morgan fingerprint density at radius 2 is 1.90 bits per heavy atom. The molecule has 3 aromatic rings. The Hall–Kier alpha value is -2.88. The van der Waals surface area contributed by atoms with Crippen LogP contribution in [0.3, 0.4) is 0 Å². The first-order valence-corrected chi connectivity index (χ1v) is 6.70. The van der Waals surface area contributed by atoms with Crippen LogP contribution >= 0.6 is 0 Å². The topological polar surface area (TPSA) is 46.9 Å². The zero-order valence-electron chi connectivity index (χ0n) is 11.7. The SMILES string of the molecule is Cc1ccc(C(=O)Nc2cccc(-n3cccn3)c2)cc1. The van der Waals surface area contributed by atoms with Crippen molar-refractivity contribution in [1.29, 1.82) is 0 Å². The summed E-state index contributed by atoms with van der Waals surface area (Å²) in [5.41, 5.74) is 3.42. The van der Waals surface area contributed by atoms with E-state index in [0.29, 0.717) is 5.56 Å². The van der Waals surface area contributed by atoms with E-state index in [0.717, 1.165) is 16.9 Å². The van der Waals surface area contributed by atoms with Crippen molar-refractivity contribution < 1.29 is 4.79 Å². The number of carbonyl (C=O) groups is 1. The van der Waals surface area contributed by atoms with Crippen LogP contribution in [0.4, 0.5) is 5.69 Å². The fraction of sp³-hybridized carbons (Fsp3) is 0.0588. The summed E-state index contributed by atoms with van der Waals surface area (Å²) in [6.45, 7) is 2.00. The average Bonchev–Trinajstić information content (AvgIpc) is 3.02. The minimum Gasteiger partial charge on any atom is -0.322 e. The Labute approximate surface area is 123 Å². The second kappa shape index (κ2) is 5.63. The molecule has 0 bridgehead atoms. The zero-order chi connectivity index (χ0) is 14.7. The van der Waals surface area contributed by atoms with Crippen molar-refractivity contribution >= 4 is 11.6 Å². The van der Waals surface area contributed by atoms with Crippen LogP contribution in [-0.4, -0.2) is 15.7 Å². The van der Waals surface area contributed by atoms with Gasteiger partial charge in [-0.15, -0.1) is 0 Å². The number of benzene rings is 2. The number of carbonyl (C=O) groups excluding carboxylic acids is 1. The lowest BCUT2D eigenvalue weighted by Gasteiger charge is -2.08. The second-order valence-corrected chi connectivity index (χ2v) is 4.82. The average molecular weight is 277 g/mol. The summed E-state index contributed by atoms with van der Waals surface area (Å²) in [6, 6.07) is 16.9. The molecular formula is C17H15N3O. The molecule has 4 nitrogen and oxygen atoms in total. The molecule has 2 aromatic carbocycles. The van der Waals surface area contributed by atoms with Crippen LogP contribution in [0.2, 0.25) is 0 Å². The van der Waals surface area contributed by atoms with E-state index in [1.807, 2.05) is 67.7 Å². The predicted molar refractivity (Wildman–Crippen MR) is 82.7 cm³/mol. The lowest BCUT2D eigenvalue weighted by molar-refractivity contribution is 0.102. The molecule has 4 heteroatoms. The molecule has 0 saturated heterocycles. The molecule has 0 aliphatic carbocycles. The number of nitrogens with one attached hydrogen (secondary N) is 1. The molecule has 1 amide bonds. The van der Waals surface area contributed by atoms with Gasteiger partial charge in [-0.3, -0.25) is 4.79 Å². The third kappa shape index (κ3) is 3.00. The van der Waals surface area contributed by atoms with Gasteiger partial charge in [-0.1, -0.05) is 23.8 Å². The molecule has 0 fully saturated rings. The number of anilines is 1. The molecule has 1 N–H and O–H groups in total. The first kappa shape index (κ1) is 13.1. The van der Waals surface area contributed by atoms with Gasteiger partial charge >= 0.3 is 0 Å².